The van der Waals surface area contributed by atoms with Crippen molar-refractivity contribution in [3.63, 3.8) is 0 Å². The minimum atomic E-state index is -4.78. The number of benzene rings is 2. The quantitative estimate of drug-likeness (QED) is 0.716. The zero-order valence-electron chi connectivity index (χ0n) is 16.1. The number of rotatable bonds is 5. The fourth-order valence-corrected chi connectivity index (χ4v) is 4.13. The van der Waals surface area contributed by atoms with Crippen LogP contribution in [0.25, 0.3) is 0 Å². The second kappa shape index (κ2) is 8.23. The van der Waals surface area contributed by atoms with Crippen LogP contribution >= 0.6 is 11.6 Å². The van der Waals surface area contributed by atoms with Crippen LogP contribution in [0.3, 0.4) is 0 Å². The van der Waals surface area contributed by atoms with Gasteiger partial charge >= 0.3 is 6.18 Å². The second-order valence-electron chi connectivity index (χ2n) is 6.68. The molecule has 10 heteroatoms. The van der Waals surface area contributed by atoms with Gasteiger partial charge in [-0.15, -0.1) is 0 Å². The van der Waals surface area contributed by atoms with E-state index in [0.717, 1.165) is 29.5 Å². The number of anilines is 2. The lowest BCUT2D eigenvalue weighted by Crippen LogP contribution is -2.45. The van der Waals surface area contributed by atoms with Crippen LogP contribution in [0.1, 0.15) is 23.6 Å². The third-order valence-corrected chi connectivity index (χ3v) is 5.94. The van der Waals surface area contributed by atoms with Crippen molar-refractivity contribution in [3.05, 3.63) is 58.1 Å². The molecule has 0 spiro atoms. The van der Waals surface area contributed by atoms with Crippen LogP contribution in [0.2, 0.25) is 5.02 Å². The van der Waals surface area contributed by atoms with Crippen molar-refractivity contribution in [1.82, 2.24) is 0 Å². The van der Waals surface area contributed by atoms with Gasteiger partial charge < -0.3 is 5.32 Å². The van der Waals surface area contributed by atoms with Crippen molar-refractivity contribution in [2.24, 2.45) is 0 Å². The smallest absolute Gasteiger partial charge is 0.324 e. The molecule has 1 atom stereocenters. The first kappa shape index (κ1) is 23.0. The maximum Gasteiger partial charge on any atom is 0.417 e. The normalized spacial score (nSPS) is 13.1. The third-order valence-electron chi connectivity index (χ3n) is 4.37. The molecule has 0 radical (unpaired) electrons. The topological polar surface area (TPSA) is 66.5 Å². The Hall–Kier alpha value is -2.26. The molecule has 2 aromatic rings. The number of amides is 1. The molecule has 0 aromatic heterocycles. The lowest BCUT2D eigenvalue weighted by atomic mass is 10.1. The molecule has 0 aliphatic carbocycles. The van der Waals surface area contributed by atoms with Crippen LogP contribution in [0.4, 0.5) is 24.5 Å². The Bertz CT molecular complexity index is 1040. The molecule has 0 saturated heterocycles. The molecule has 0 aliphatic rings. The van der Waals surface area contributed by atoms with E-state index >= 15 is 0 Å². The highest BCUT2D eigenvalue weighted by molar-refractivity contribution is 7.92. The van der Waals surface area contributed by atoms with Crippen LogP contribution in [-0.2, 0) is 21.0 Å². The standard InChI is InChI=1S/C19H20ClF3N2O3S/c1-11-5-6-14(9-12(11)2)24-18(26)13(3)25(29(4,27)28)15-7-8-17(20)16(10-15)19(21,22)23/h5-10,13H,1-4H3,(H,24,26). The molecular weight excluding hydrogens is 429 g/mol. The molecule has 158 valence electrons. The van der Waals surface area contributed by atoms with Gasteiger partial charge in [-0.25, -0.2) is 8.42 Å². The number of carbonyl (C=O) groups is 1. The maximum atomic E-state index is 13.2. The number of alkyl halides is 3. The molecule has 0 heterocycles. The van der Waals surface area contributed by atoms with Crippen LogP contribution < -0.4 is 9.62 Å². The molecule has 0 fully saturated rings. The number of aryl methyl sites for hydroxylation is 2. The number of nitrogens with zero attached hydrogens (tertiary/aromatic N) is 1. The van der Waals surface area contributed by atoms with Crippen LogP contribution in [0.5, 0.6) is 0 Å². The number of carbonyl (C=O) groups excluding carboxylic acids is 1. The molecule has 0 saturated carbocycles. The van der Waals surface area contributed by atoms with Gasteiger partial charge in [0.05, 0.1) is 22.5 Å². The minimum absolute atomic E-state index is 0.313. The number of hydrogen-bond donors (Lipinski definition) is 1. The van der Waals surface area contributed by atoms with E-state index in [-0.39, 0.29) is 5.69 Å². The monoisotopic (exact) mass is 448 g/mol. The van der Waals surface area contributed by atoms with Crippen LogP contribution in [0, 0.1) is 13.8 Å². The van der Waals surface area contributed by atoms with Gasteiger partial charge in [-0.05, 0) is 62.2 Å². The number of nitrogens with one attached hydrogen (secondary N) is 1. The Morgan fingerprint density at radius 3 is 2.24 bits per heavy atom. The van der Waals surface area contributed by atoms with E-state index in [1.807, 2.05) is 13.8 Å². The molecule has 0 aliphatic heterocycles. The molecule has 0 bridgehead atoms. The van der Waals surface area contributed by atoms with Gasteiger partial charge in [0.15, 0.2) is 0 Å². The Morgan fingerprint density at radius 2 is 1.72 bits per heavy atom. The summed E-state index contributed by atoms with van der Waals surface area (Å²) >= 11 is 5.61. The Balaban J connectivity index is 2.42. The maximum absolute atomic E-state index is 13.2. The summed E-state index contributed by atoms with van der Waals surface area (Å²) in [6, 6.07) is 6.54. The second-order valence-corrected chi connectivity index (χ2v) is 8.95. The summed E-state index contributed by atoms with van der Waals surface area (Å²) in [5, 5.41) is 2.03. The molecule has 29 heavy (non-hydrogen) atoms. The first-order chi connectivity index (χ1) is 13.2. The van der Waals surface area contributed by atoms with E-state index in [1.165, 1.54) is 6.92 Å². The van der Waals surface area contributed by atoms with Crippen molar-refractivity contribution in [2.45, 2.75) is 33.0 Å². The van der Waals surface area contributed by atoms with Crippen molar-refractivity contribution < 1.29 is 26.4 Å². The molecule has 5 nitrogen and oxygen atoms in total. The highest BCUT2D eigenvalue weighted by atomic mass is 35.5. The Labute approximate surface area is 172 Å². The Kier molecular flexibility index (Phi) is 6.54. The Morgan fingerprint density at radius 1 is 1.10 bits per heavy atom. The highest BCUT2D eigenvalue weighted by Crippen LogP contribution is 2.37. The number of halogens is 4. The molecule has 1 N–H and O–H groups in total. The third kappa shape index (κ3) is 5.42. The molecular formula is C19H20ClF3N2O3S. The van der Waals surface area contributed by atoms with Gasteiger partial charge in [0.25, 0.3) is 0 Å². The number of hydrogen-bond acceptors (Lipinski definition) is 3. The average Bonchev–Trinajstić information content (AvgIpc) is 2.57. The summed E-state index contributed by atoms with van der Waals surface area (Å²) in [7, 11) is -4.08. The summed E-state index contributed by atoms with van der Waals surface area (Å²) in [6.45, 7) is 5.04. The minimum Gasteiger partial charge on any atom is -0.324 e. The SMILES string of the molecule is Cc1ccc(NC(=O)C(C)N(c2ccc(Cl)c(C(F)(F)F)c2)S(C)(=O)=O)cc1C. The predicted molar refractivity (Wildman–Crippen MR) is 108 cm³/mol. The van der Waals surface area contributed by atoms with Crippen molar-refractivity contribution >= 4 is 38.9 Å². The van der Waals surface area contributed by atoms with Crippen LogP contribution in [-0.4, -0.2) is 26.6 Å². The average molecular weight is 449 g/mol. The summed E-state index contributed by atoms with van der Waals surface area (Å²) in [5.74, 6) is -0.692. The van der Waals surface area contributed by atoms with E-state index in [2.05, 4.69) is 5.32 Å². The summed E-state index contributed by atoms with van der Waals surface area (Å²) in [4.78, 5) is 12.7. The van der Waals surface area contributed by atoms with Crippen LogP contribution in [0.15, 0.2) is 36.4 Å². The van der Waals surface area contributed by atoms with Gasteiger partial charge in [0, 0.05) is 5.69 Å². The van der Waals surface area contributed by atoms with E-state index in [4.69, 9.17) is 11.6 Å². The van der Waals surface area contributed by atoms with E-state index < -0.39 is 38.7 Å². The van der Waals surface area contributed by atoms with Gasteiger partial charge in [0.2, 0.25) is 15.9 Å². The van der Waals surface area contributed by atoms with E-state index in [0.29, 0.717) is 16.1 Å². The van der Waals surface area contributed by atoms with Gasteiger partial charge in [-0.1, -0.05) is 17.7 Å². The fourth-order valence-electron chi connectivity index (χ4n) is 2.74. The number of sulfonamides is 1. The first-order valence-corrected chi connectivity index (χ1v) is 10.7. The molecule has 1 amide bonds. The lowest BCUT2D eigenvalue weighted by Gasteiger charge is -2.29. The summed E-state index contributed by atoms with van der Waals surface area (Å²) in [5.41, 5.74) is 0.877. The highest BCUT2D eigenvalue weighted by Gasteiger charge is 2.36. The molecule has 2 aromatic carbocycles. The largest absolute Gasteiger partial charge is 0.417 e. The van der Waals surface area contributed by atoms with Crippen molar-refractivity contribution in [2.75, 3.05) is 15.9 Å². The van der Waals surface area contributed by atoms with E-state index in [1.54, 1.807) is 18.2 Å². The van der Waals surface area contributed by atoms with Gasteiger partial charge in [0.1, 0.15) is 6.04 Å². The molecule has 2 rings (SSSR count). The summed E-state index contributed by atoms with van der Waals surface area (Å²) in [6.07, 6.45) is -3.96. The zero-order valence-corrected chi connectivity index (χ0v) is 17.7. The van der Waals surface area contributed by atoms with Gasteiger partial charge in [-0.2, -0.15) is 13.2 Å². The van der Waals surface area contributed by atoms with Crippen molar-refractivity contribution in [3.8, 4) is 0 Å². The summed E-state index contributed by atoms with van der Waals surface area (Å²) < 4.78 is 64.8. The molecule has 1 unspecified atom stereocenters. The lowest BCUT2D eigenvalue weighted by molar-refractivity contribution is -0.137. The predicted octanol–water partition coefficient (Wildman–Crippen LogP) is 4.77. The zero-order chi connectivity index (χ0) is 22.1. The fraction of sp³-hybridized carbons (Fsp3) is 0.316. The van der Waals surface area contributed by atoms with E-state index in [9.17, 15) is 26.4 Å². The van der Waals surface area contributed by atoms with Crippen molar-refractivity contribution in [1.29, 1.82) is 0 Å². The van der Waals surface area contributed by atoms with Gasteiger partial charge in [-0.3, -0.25) is 9.10 Å². The first-order valence-electron chi connectivity index (χ1n) is 8.46.